The summed E-state index contributed by atoms with van der Waals surface area (Å²) in [6, 6.07) is 4.90. The third kappa shape index (κ3) is 5.30. The van der Waals surface area contributed by atoms with E-state index in [1.54, 1.807) is 0 Å². The van der Waals surface area contributed by atoms with Crippen LogP contribution in [0.2, 0.25) is 0 Å². The van der Waals surface area contributed by atoms with Gasteiger partial charge in [-0.3, -0.25) is 0 Å². The molecule has 0 fully saturated rings. The summed E-state index contributed by atoms with van der Waals surface area (Å²) in [5.74, 6) is 0. The molecule has 0 unspecified atom stereocenters. The fourth-order valence-electron chi connectivity index (χ4n) is 1.22. The predicted octanol–water partition coefficient (Wildman–Crippen LogP) is 3.17. The highest BCUT2D eigenvalue weighted by Crippen LogP contribution is 2.17. The first-order valence-electron chi connectivity index (χ1n) is 5.61. The quantitative estimate of drug-likeness (QED) is 0.722. The lowest BCUT2D eigenvalue weighted by Crippen LogP contribution is -2.21. The van der Waals surface area contributed by atoms with Gasteiger partial charge < -0.3 is 10.1 Å². The fraction of sp³-hybridized carbons (Fsp3) is 0.667. The Morgan fingerprint density at radius 2 is 2.07 bits per heavy atom. The lowest BCUT2D eigenvalue weighted by atomic mass is 10.3. The van der Waals surface area contributed by atoms with Gasteiger partial charge in [0.25, 0.3) is 0 Å². The molecule has 1 rings (SSSR count). The molecule has 1 aromatic rings. The van der Waals surface area contributed by atoms with Gasteiger partial charge in [0, 0.05) is 28.9 Å². The van der Waals surface area contributed by atoms with Crippen LogP contribution in [0.1, 0.15) is 36.9 Å². The van der Waals surface area contributed by atoms with Crippen molar-refractivity contribution < 1.29 is 4.74 Å². The van der Waals surface area contributed by atoms with E-state index in [1.807, 2.05) is 11.3 Å². The first-order chi connectivity index (χ1) is 7.22. The van der Waals surface area contributed by atoms with E-state index in [0.29, 0.717) is 6.04 Å². The molecule has 0 saturated carbocycles. The van der Waals surface area contributed by atoms with Gasteiger partial charge in [-0.15, -0.1) is 11.3 Å². The van der Waals surface area contributed by atoms with E-state index in [1.165, 1.54) is 9.75 Å². The van der Waals surface area contributed by atoms with Gasteiger partial charge in [0.1, 0.15) is 0 Å². The van der Waals surface area contributed by atoms with Gasteiger partial charge in [0.05, 0.1) is 6.61 Å². The Hall–Kier alpha value is -0.380. The molecule has 0 aliphatic rings. The molecule has 2 nitrogen and oxygen atoms in total. The Kier molecular flexibility index (Phi) is 5.91. The Balaban J connectivity index is 2.29. The van der Waals surface area contributed by atoms with E-state index in [0.717, 1.165) is 26.2 Å². The highest BCUT2D eigenvalue weighted by molar-refractivity contribution is 7.11. The summed E-state index contributed by atoms with van der Waals surface area (Å²) in [4.78, 5) is 2.71. The van der Waals surface area contributed by atoms with Crippen molar-refractivity contribution in [3.8, 4) is 0 Å². The minimum atomic E-state index is 0.548. The van der Waals surface area contributed by atoms with Crippen molar-refractivity contribution in [1.29, 1.82) is 0 Å². The van der Waals surface area contributed by atoms with Crippen LogP contribution in [0, 0.1) is 0 Å². The monoisotopic (exact) mass is 227 g/mol. The van der Waals surface area contributed by atoms with E-state index < -0.39 is 0 Å². The number of ether oxygens (including phenoxy) is 1. The van der Waals surface area contributed by atoms with Gasteiger partial charge in [-0.25, -0.2) is 0 Å². The van der Waals surface area contributed by atoms with Crippen LogP contribution in [0.15, 0.2) is 12.1 Å². The maximum atomic E-state index is 5.50. The summed E-state index contributed by atoms with van der Waals surface area (Å²) < 4.78 is 5.50. The number of thiophene rings is 1. The fourth-order valence-corrected chi connectivity index (χ4v) is 2.12. The van der Waals surface area contributed by atoms with Gasteiger partial charge in [-0.05, 0) is 18.6 Å². The van der Waals surface area contributed by atoms with E-state index >= 15 is 0 Å². The minimum absolute atomic E-state index is 0.548. The largest absolute Gasteiger partial charge is 0.376 e. The molecule has 86 valence electrons. The Morgan fingerprint density at radius 1 is 1.33 bits per heavy atom. The van der Waals surface area contributed by atoms with Crippen molar-refractivity contribution in [2.45, 2.75) is 46.4 Å². The average molecular weight is 227 g/mol. The smallest absolute Gasteiger partial charge is 0.0809 e. The Morgan fingerprint density at radius 3 is 2.73 bits per heavy atom. The first kappa shape index (κ1) is 12.7. The van der Waals surface area contributed by atoms with E-state index in [2.05, 4.69) is 38.2 Å². The van der Waals surface area contributed by atoms with Gasteiger partial charge in [-0.1, -0.05) is 20.8 Å². The molecule has 0 aliphatic heterocycles. The second kappa shape index (κ2) is 6.99. The van der Waals surface area contributed by atoms with Gasteiger partial charge in [-0.2, -0.15) is 0 Å². The summed E-state index contributed by atoms with van der Waals surface area (Å²) in [7, 11) is 0. The number of rotatable bonds is 7. The molecule has 0 aromatic carbocycles. The molecule has 0 aliphatic carbocycles. The maximum Gasteiger partial charge on any atom is 0.0809 e. The standard InChI is InChI=1S/C12H21NOS/c1-4-7-14-9-12-6-5-11(15-12)8-13-10(2)3/h5-6,10,13H,4,7-9H2,1-3H3. The summed E-state index contributed by atoms with van der Waals surface area (Å²) in [5, 5.41) is 3.41. The van der Waals surface area contributed by atoms with Crippen LogP contribution in [0.5, 0.6) is 0 Å². The molecular formula is C12H21NOS. The molecular weight excluding hydrogens is 206 g/mol. The molecule has 3 heteroatoms. The van der Waals surface area contributed by atoms with Crippen molar-refractivity contribution in [2.24, 2.45) is 0 Å². The molecule has 0 saturated heterocycles. The molecule has 15 heavy (non-hydrogen) atoms. The minimum Gasteiger partial charge on any atom is -0.376 e. The molecule has 0 radical (unpaired) electrons. The van der Waals surface area contributed by atoms with Crippen molar-refractivity contribution in [1.82, 2.24) is 5.32 Å². The van der Waals surface area contributed by atoms with Crippen LogP contribution in [0.25, 0.3) is 0 Å². The van der Waals surface area contributed by atoms with Crippen LogP contribution in [0.4, 0.5) is 0 Å². The molecule has 1 N–H and O–H groups in total. The second-order valence-electron chi connectivity index (χ2n) is 3.96. The molecule has 0 atom stereocenters. The zero-order valence-corrected chi connectivity index (χ0v) is 10.7. The molecule has 1 aromatic heterocycles. The third-order valence-electron chi connectivity index (χ3n) is 1.99. The lowest BCUT2D eigenvalue weighted by Gasteiger charge is -2.05. The van der Waals surface area contributed by atoms with E-state index in [9.17, 15) is 0 Å². The summed E-state index contributed by atoms with van der Waals surface area (Å²) in [6.07, 6.45) is 1.09. The SMILES string of the molecule is CCCOCc1ccc(CNC(C)C)s1. The summed E-state index contributed by atoms with van der Waals surface area (Å²) in [5.41, 5.74) is 0. The highest BCUT2D eigenvalue weighted by Gasteiger charge is 2.00. The van der Waals surface area contributed by atoms with Crippen LogP contribution >= 0.6 is 11.3 Å². The lowest BCUT2D eigenvalue weighted by molar-refractivity contribution is 0.123. The zero-order valence-electron chi connectivity index (χ0n) is 9.88. The maximum absolute atomic E-state index is 5.50. The molecule has 1 heterocycles. The highest BCUT2D eigenvalue weighted by atomic mass is 32.1. The van der Waals surface area contributed by atoms with Crippen molar-refractivity contribution in [3.63, 3.8) is 0 Å². The van der Waals surface area contributed by atoms with Crippen LogP contribution in [-0.4, -0.2) is 12.6 Å². The summed E-state index contributed by atoms with van der Waals surface area (Å²) >= 11 is 1.84. The van der Waals surface area contributed by atoms with Crippen molar-refractivity contribution >= 4 is 11.3 Å². The molecule has 0 bridgehead atoms. The number of hydrogen-bond donors (Lipinski definition) is 1. The van der Waals surface area contributed by atoms with Gasteiger partial charge in [0.2, 0.25) is 0 Å². The van der Waals surface area contributed by atoms with Crippen LogP contribution in [0.3, 0.4) is 0 Å². The van der Waals surface area contributed by atoms with Crippen LogP contribution < -0.4 is 5.32 Å². The third-order valence-corrected chi connectivity index (χ3v) is 3.05. The van der Waals surface area contributed by atoms with E-state index in [4.69, 9.17) is 4.74 Å². The molecule has 0 spiro atoms. The zero-order chi connectivity index (χ0) is 11.1. The predicted molar refractivity (Wildman–Crippen MR) is 66.2 cm³/mol. The number of nitrogens with one attached hydrogen (secondary N) is 1. The molecule has 0 amide bonds. The van der Waals surface area contributed by atoms with Gasteiger partial charge in [0.15, 0.2) is 0 Å². The number of hydrogen-bond acceptors (Lipinski definition) is 3. The average Bonchev–Trinajstić information content (AvgIpc) is 2.63. The Bertz CT molecular complexity index is 270. The van der Waals surface area contributed by atoms with Gasteiger partial charge >= 0.3 is 0 Å². The normalized spacial score (nSPS) is 11.2. The Labute approximate surface area is 96.7 Å². The first-order valence-corrected chi connectivity index (χ1v) is 6.42. The van der Waals surface area contributed by atoms with E-state index in [-0.39, 0.29) is 0 Å². The second-order valence-corrected chi connectivity index (χ2v) is 5.21. The van der Waals surface area contributed by atoms with Crippen molar-refractivity contribution in [3.05, 3.63) is 21.9 Å². The van der Waals surface area contributed by atoms with Crippen LogP contribution in [-0.2, 0) is 17.9 Å². The van der Waals surface area contributed by atoms with Crippen molar-refractivity contribution in [2.75, 3.05) is 6.61 Å². The summed E-state index contributed by atoms with van der Waals surface area (Å²) in [6.45, 7) is 9.05. The topological polar surface area (TPSA) is 21.3 Å².